The molecule has 1 fully saturated rings. The fourth-order valence-electron chi connectivity index (χ4n) is 2.54. The number of nitrogens with zero attached hydrogens (tertiary/aromatic N) is 4. The van der Waals surface area contributed by atoms with Crippen LogP contribution in [0.2, 0.25) is 0 Å². The van der Waals surface area contributed by atoms with Gasteiger partial charge in [0.15, 0.2) is 5.69 Å². The molecule has 20 heavy (non-hydrogen) atoms. The molecule has 0 bridgehead atoms. The Labute approximate surface area is 116 Å². The summed E-state index contributed by atoms with van der Waals surface area (Å²) in [6.45, 7) is 0.154. The topological polar surface area (TPSA) is 109 Å². The molecule has 0 saturated heterocycles. The molecule has 2 rings (SSSR count). The first-order valence-electron chi connectivity index (χ1n) is 6.65. The van der Waals surface area contributed by atoms with Crippen molar-refractivity contribution in [1.29, 1.82) is 0 Å². The molecule has 8 nitrogen and oxygen atoms in total. The van der Waals surface area contributed by atoms with Crippen LogP contribution >= 0.6 is 0 Å². The number of rotatable bonds is 6. The summed E-state index contributed by atoms with van der Waals surface area (Å²) in [7, 11) is 0. The largest absolute Gasteiger partial charge is 0.476 e. The maximum absolute atomic E-state index is 12.2. The van der Waals surface area contributed by atoms with Gasteiger partial charge in [-0.05, 0) is 12.8 Å². The molecule has 0 radical (unpaired) electrons. The van der Waals surface area contributed by atoms with Gasteiger partial charge in [0, 0.05) is 12.6 Å². The van der Waals surface area contributed by atoms with Gasteiger partial charge in [-0.1, -0.05) is 18.1 Å². The van der Waals surface area contributed by atoms with Crippen molar-refractivity contribution in [2.24, 2.45) is 0 Å². The van der Waals surface area contributed by atoms with Gasteiger partial charge < -0.3 is 15.1 Å². The zero-order valence-corrected chi connectivity index (χ0v) is 11.1. The molecule has 0 aliphatic heterocycles. The minimum atomic E-state index is -1.17. The van der Waals surface area contributed by atoms with Gasteiger partial charge in [0.25, 0.3) is 0 Å². The lowest BCUT2D eigenvalue weighted by molar-refractivity contribution is -0.134. The van der Waals surface area contributed by atoms with Crippen molar-refractivity contribution in [3.63, 3.8) is 0 Å². The fraction of sp³-hybridized carbons (Fsp3) is 0.667. The Bertz CT molecular complexity index is 482. The quantitative estimate of drug-likeness (QED) is 0.744. The SMILES string of the molecule is O=C(O)c1cn(CC(=O)N(CCO)C2CCCC2)nn1. The van der Waals surface area contributed by atoms with Crippen LogP contribution in [0.15, 0.2) is 6.20 Å². The van der Waals surface area contributed by atoms with Gasteiger partial charge in [0.1, 0.15) is 6.54 Å². The van der Waals surface area contributed by atoms with Gasteiger partial charge in [0.05, 0.1) is 12.8 Å². The Balaban J connectivity index is 2.01. The third-order valence-corrected chi connectivity index (χ3v) is 3.48. The highest BCUT2D eigenvalue weighted by molar-refractivity contribution is 5.84. The zero-order valence-electron chi connectivity index (χ0n) is 11.1. The molecule has 1 aliphatic rings. The minimum Gasteiger partial charge on any atom is -0.476 e. The number of hydrogen-bond acceptors (Lipinski definition) is 5. The molecule has 1 saturated carbocycles. The highest BCUT2D eigenvalue weighted by atomic mass is 16.4. The third-order valence-electron chi connectivity index (χ3n) is 3.48. The Hall–Kier alpha value is -1.96. The summed E-state index contributed by atoms with van der Waals surface area (Å²) in [5.74, 6) is -1.35. The Kier molecular flexibility index (Phi) is 4.67. The first-order valence-corrected chi connectivity index (χ1v) is 6.65. The lowest BCUT2D eigenvalue weighted by Gasteiger charge is -2.28. The van der Waals surface area contributed by atoms with E-state index >= 15 is 0 Å². The zero-order chi connectivity index (χ0) is 14.5. The maximum atomic E-state index is 12.2. The van der Waals surface area contributed by atoms with E-state index in [1.807, 2.05) is 0 Å². The first kappa shape index (κ1) is 14.4. The number of aromatic nitrogens is 3. The molecule has 110 valence electrons. The van der Waals surface area contributed by atoms with E-state index in [0.29, 0.717) is 6.54 Å². The number of aromatic carboxylic acids is 1. The van der Waals surface area contributed by atoms with Crippen molar-refractivity contribution in [2.75, 3.05) is 13.2 Å². The summed E-state index contributed by atoms with van der Waals surface area (Å²) in [4.78, 5) is 24.6. The van der Waals surface area contributed by atoms with Crippen molar-refractivity contribution in [3.8, 4) is 0 Å². The Morgan fingerprint density at radius 1 is 1.40 bits per heavy atom. The second-order valence-corrected chi connectivity index (χ2v) is 4.86. The summed E-state index contributed by atoms with van der Waals surface area (Å²) < 4.78 is 1.21. The standard InChI is InChI=1S/C12H18N4O4/c17-6-5-16(9-3-1-2-4-9)11(18)8-15-7-10(12(19)20)13-14-15/h7,9,17H,1-6,8H2,(H,19,20). The van der Waals surface area contributed by atoms with Crippen molar-refractivity contribution in [2.45, 2.75) is 38.3 Å². The Morgan fingerprint density at radius 3 is 2.65 bits per heavy atom. The second-order valence-electron chi connectivity index (χ2n) is 4.86. The number of amides is 1. The monoisotopic (exact) mass is 282 g/mol. The van der Waals surface area contributed by atoms with E-state index in [4.69, 9.17) is 10.2 Å². The fourth-order valence-corrected chi connectivity index (χ4v) is 2.54. The average Bonchev–Trinajstić information content (AvgIpc) is 3.06. The molecule has 0 atom stereocenters. The van der Waals surface area contributed by atoms with Crippen LogP contribution in [0.3, 0.4) is 0 Å². The van der Waals surface area contributed by atoms with E-state index in [9.17, 15) is 9.59 Å². The highest BCUT2D eigenvalue weighted by Gasteiger charge is 2.26. The molecule has 1 aromatic heterocycles. The molecule has 2 N–H and O–H groups in total. The van der Waals surface area contributed by atoms with Gasteiger partial charge >= 0.3 is 5.97 Å². The van der Waals surface area contributed by atoms with Crippen LogP contribution in [0.4, 0.5) is 0 Å². The third kappa shape index (κ3) is 3.32. The summed E-state index contributed by atoms with van der Waals surface area (Å²) in [6.07, 6.45) is 5.30. The van der Waals surface area contributed by atoms with Crippen LogP contribution in [0.1, 0.15) is 36.2 Å². The molecule has 1 amide bonds. The number of carboxylic acid groups (broad SMARTS) is 1. The average molecular weight is 282 g/mol. The van der Waals surface area contributed by atoms with Crippen LogP contribution in [0.25, 0.3) is 0 Å². The predicted octanol–water partition coefficient (Wildman–Crippen LogP) is -0.260. The van der Waals surface area contributed by atoms with Gasteiger partial charge in [0.2, 0.25) is 5.91 Å². The van der Waals surface area contributed by atoms with E-state index in [1.54, 1.807) is 4.90 Å². The number of hydrogen-bond donors (Lipinski definition) is 2. The number of aliphatic hydroxyl groups is 1. The molecule has 0 spiro atoms. The van der Waals surface area contributed by atoms with E-state index in [-0.39, 0.29) is 30.8 Å². The smallest absolute Gasteiger partial charge is 0.358 e. The van der Waals surface area contributed by atoms with E-state index in [1.165, 1.54) is 10.9 Å². The molecule has 1 aromatic rings. The van der Waals surface area contributed by atoms with Crippen molar-refractivity contribution in [3.05, 3.63) is 11.9 Å². The second kappa shape index (κ2) is 6.47. The summed E-state index contributed by atoms with van der Waals surface area (Å²) in [5.41, 5.74) is -0.188. The number of aliphatic hydroxyl groups excluding tert-OH is 1. The van der Waals surface area contributed by atoms with Crippen molar-refractivity contribution >= 4 is 11.9 Å². The predicted molar refractivity (Wildman–Crippen MR) is 68.0 cm³/mol. The normalized spacial score (nSPS) is 15.4. The Morgan fingerprint density at radius 2 is 2.10 bits per heavy atom. The molecule has 0 unspecified atom stereocenters. The lowest BCUT2D eigenvalue weighted by atomic mass is 10.2. The van der Waals surface area contributed by atoms with Gasteiger partial charge in [-0.2, -0.15) is 0 Å². The van der Waals surface area contributed by atoms with Gasteiger partial charge in [-0.15, -0.1) is 5.10 Å². The highest BCUT2D eigenvalue weighted by Crippen LogP contribution is 2.23. The molecule has 0 aromatic carbocycles. The van der Waals surface area contributed by atoms with Crippen molar-refractivity contribution in [1.82, 2.24) is 19.9 Å². The summed E-state index contributed by atoms with van der Waals surface area (Å²) >= 11 is 0. The lowest BCUT2D eigenvalue weighted by Crippen LogP contribution is -2.42. The van der Waals surface area contributed by atoms with Crippen molar-refractivity contribution < 1.29 is 19.8 Å². The van der Waals surface area contributed by atoms with Crippen LogP contribution in [0.5, 0.6) is 0 Å². The van der Waals surface area contributed by atoms with Crippen LogP contribution < -0.4 is 0 Å². The molecular weight excluding hydrogens is 264 g/mol. The molecule has 8 heteroatoms. The number of carboxylic acids is 1. The van der Waals surface area contributed by atoms with E-state index in [2.05, 4.69) is 10.3 Å². The maximum Gasteiger partial charge on any atom is 0.358 e. The number of carbonyl (C=O) groups is 2. The first-order chi connectivity index (χ1) is 9.61. The van der Waals surface area contributed by atoms with Crippen LogP contribution in [0, 0.1) is 0 Å². The van der Waals surface area contributed by atoms with Gasteiger partial charge in [-0.3, -0.25) is 4.79 Å². The molecular formula is C12H18N4O4. The molecule has 1 aliphatic carbocycles. The van der Waals surface area contributed by atoms with E-state index in [0.717, 1.165) is 25.7 Å². The molecule has 1 heterocycles. The van der Waals surface area contributed by atoms with Crippen LogP contribution in [-0.2, 0) is 11.3 Å². The van der Waals surface area contributed by atoms with Gasteiger partial charge in [-0.25, -0.2) is 9.48 Å². The van der Waals surface area contributed by atoms with E-state index < -0.39 is 5.97 Å². The minimum absolute atomic E-state index is 0.0588. The number of carbonyl (C=O) groups excluding carboxylic acids is 1. The van der Waals surface area contributed by atoms with Crippen LogP contribution in [-0.4, -0.2) is 61.2 Å². The summed E-state index contributed by atoms with van der Waals surface area (Å²) in [6, 6.07) is 0.164. The summed E-state index contributed by atoms with van der Waals surface area (Å²) in [5, 5.41) is 24.9.